The summed E-state index contributed by atoms with van der Waals surface area (Å²) in [5, 5.41) is 13.3. The van der Waals surface area contributed by atoms with Gasteiger partial charge in [-0.3, -0.25) is 4.79 Å². The number of fused-ring (bicyclic) bond motifs is 1. The van der Waals surface area contributed by atoms with Crippen molar-refractivity contribution in [3.8, 4) is 0 Å². The number of hydrogen-bond donors (Lipinski definition) is 3. The summed E-state index contributed by atoms with van der Waals surface area (Å²) in [4.78, 5) is 19.7. The number of nitrogens with zero attached hydrogens (tertiary/aromatic N) is 1. The van der Waals surface area contributed by atoms with Crippen LogP contribution < -0.4 is 16.0 Å². The van der Waals surface area contributed by atoms with Crippen molar-refractivity contribution in [1.82, 2.24) is 10.6 Å². The number of unbranched alkanes of at least 4 members (excludes halogenated alkanes) is 6. The van der Waals surface area contributed by atoms with Crippen molar-refractivity contribution >= 4 is 28.3 Å². The third-order valence-electron chi connectivity index (χ3n) is 12.3. The molecular weight excluding hydrogens is 649 g/mol. The normalized spacial score (nSPS) is 16.8. The average molecular weight is 721 g/mol. The molecule has 0 bridgehead atoms. The van der Waals surface area contributed by atoms with E-state index in [0.29, 0.717) is 18.5 Å². The number of nitrogens with one attached hydrogen (secondary N) is 3. The Morgan fingerprint density at radius 2 is 1.28 bits per heavy atom. The van der Waals surface area contributed by atoms with Gasteiger partial charge in [-0.2, -0.15) is 0 Å². The first-order valence-corrected chi connectivity index (χ1v) is 22.0. The summed E-state index contributed by atoms with van der Waals surface area (Å²) in [6.07, 6.45) is 28.0. The van der Waals surface area contributed by atoms with E-state index in [9.17, 15) is 4.79 Å². The number of carbonyl (C=O) groups excluding carboxylic acids is 1. The second-order valence-electron chi connectivity index (χ2n) is 16.5. The van der Waals surface area contributed by atoms with E-state index < -0.39 is 6.04 Å². The Morgan fingerprint density at radius 3 is 1.89 bits per heavy atom. The summed E-state index contributed by atoms with van der Waals surface area (Å²) in [5.41, 5.74) is 3.71. The fourth-order valence-corrected chi connectivity index (χ4v) is 9.01. The van der Waals surface area contributed by atoms with Crippen molar-refractivity contribution < 1.29 is 4.79 Å². The number of rotatable bonds is 20. The zero-order valence-corrected chi connectivity index (χ0v) is 33.7. The van der Waals surface area contributed by atoms with Gasteiger partial charge in [0.2, 0.25) is 5.91 Å². The van der Waals surface area contributed by atoms with Gasteiger partial charge in [-0.1, -0.05) is 172 Å². The molecule has 5 rings (SSSR count). The first-order chi connectivity index (χ1) is 26.0. The number of amides is 1. The van der Waals surface area contributed by atoms with Crippen LogP contribution in [0.3, 0.4) is 0 Å². The highest BCUT2D eigenvalue weighted by atomic mass is 16.2. The van der Waals surface area contributed by atoms with Gasteiger partial charge in [0.15, 0.2) is 5.96 Å². The lowest BCUT2D eigenvalue weighted by atomic mass is 9.69. The van der Waals surface area contributed by atoms with E-state index in [2.05, 4.69) is 103 Å². The number of guanidine groups is 1. The van der Waals surface area contributed by atoms with Gasteiger partial charge in [0.05, 0.1) is 6.04 Å². The minimum absolute atomic E-state index is 0.00667. The summed E-state index contributed by atoms with van der Waals surface area (Å²) in [6.45, 7) is 6.94. The molecule has 0 spiro atoms. The van der Waals surface area contributed by atoms with Crippen LogP contribution in [-0.2, 0) is 16.6 Å². The molecule has 0 aromatic heterocycles. The van der Waals surface area contributed by atoms with E-state index in [1.165, 1.54) is 132 Å². The molecule has 53 heavy (non-hydrogen) atoms. The monoisotopic (exact) mass is 721 g/mol. The van der Waals surface area contributed by atoms with Gasteiger partial charge in [0.25, 0.3) is 0 Å². The zero-order valence-electron chi connectivity index (χ0n) is 33.7. The van der Waals surface area contributed by atoms with E-state index in [4.69, 9.17) is 4.99 Å². The van der Waals surface area contributed by atoms with Gasteiger partial charge in [0.1, 0.15) is 6.04 Å². The molecule has 1 unspecified atom stereocenters. The molecule has 5 heteroatoms. The lowest BCUT2D eigenvalue weighted by Gasteiger charge is -2.36. The van der Waals surface area contributed by atoms with Crippen LogP contribution in [0.1, 0.15) is 173 Å². The maximum absolute atomic E-state index is 14.4. The van der Waals surface area contributed by atoms with Crippen molar-refractivity contribution in [3.63, 3.8) is 0 Å². The van der Waals surface area contributed by atoms with E-state index >= 15 is 0 Å². The SMILES string of the molecule is CCCCCC(CCCCC)(CCCCC)c1ccc(NC(=O)C(Cc2ccc3ccccc3c2)NC(=NC2CCCCC2)NC2CCCCC2)cc1. The molecule has 5 nitrogen and oxygen atoms in total. The van der Waals surface area contributed by atoms with Crippen LogP contribution in [0.5, 0.6) is 0 Å². The van der Waals surface area contributed by atoms with E-state index in [1.807, 2.05) is 0 Å². The Labute approximate surface area is 323 Å². The molecule has 2 saturated carbocycles. The molecule has 0 heterocycles. The minimum atomic E-state index is -0.467. The smallest absolute Gasteiger partial charge is 0.247 e. The zero-order chi connectivity index (χ0) is 37.1. The summed E-state index contributed by atoms with van der Waals surface area (Å²) < 4.78 is 0. The standard InChI is InChI=1S/C48H72N4O/c1-4-7-18-33-48(34-19-8-5-2,35-20-9-6-3)41-29-31-44(32-30-41)49-46(53)45(37-38-27-28-39-21-16-17-22-40(39)36-38)52-47(50-42-23-12-10-13-24-42)51-43-25-14-11-15-26-43/h16-17,21-22,27-32,36,42-43,45H,4-15,18-20,23-26,33-35,37H2,1-3H3,(H,49,53)(H2,50,51,52). The van der Waals surface area contributed by atoms with Crippen LogP contribution in [0.4, 0.5) is 5.69 Å². The highest BCUT2D eigenvalue weighted by Crippen LogP contribution is 2.41. The second kappa shape index (κ2) is 22.1. The van der Waals surface area contributed by atoms with Gasteiger partial charge in [-0.05, 0) is 84.4 Å². The van der Waals surface area contributed by atoms with Crippen molar-refractivity contribution in [1.29, 1.82) is 0 Å². The molecule has 0 radical (unpaired) electrons. The van der Waals surface area contributed by atoms with Gasteiger partial charge in [0, 0.05) is 18.2 Å². The second-order valence-corrected chi connectivity index (χ2v) is 16.5. The Bertz CT molecular complexity index is 1490. The number of carbonyl (C=O) groups is 1. The van der Waals surface area contributed by atoms with Crippen LogP contribution in [0.15, 0.2) is 71.7 Å². The van der Waals surface area contributed by atoms with Crippen molar-refractivity contribution in [2.24, 2.45) is 4.99 Å². The van der Waals surface area contributed by atoms with Crippen LogP contribution in [0, 0.1) is 0 Å². The molecular formula is C48H72N4O. The molecule has 2 aliphatic carbocycles. The van der Waals surface area contributed by atoms with E-state index in [0.717, 1.165) is 42.9 Å². The minimum Gasteiger partial charge on any atom is -0.354 e. The van der Waals surface area contributed by atoms with Crippen molar-refractivity contribution in [2.45, 2.75) is 192 Å². The van der Waals surface area contributed by atoms with Gasteiger partial charge >= 0.3 is 0 Å². The molecule has 2 fully saturated rings. The maximum Gasteiger partial charge on any atom is 0.247 e. The van der Waals surface area contributed by atoms with Crippen LogP contribution >= 0.6 is 0 Å². The molecule has 3 aromatic rings. The van der Waals surface area contributed by atoms with Gasteiger partial charge in [-0.15, -0.1) is 0 Å². The Morgan fingerprint density at radius 1 is 0.698 bits per heavy atom. The first-order valence-electron chi connectivity index (χ1n) is 22.0. The summed E-state index contributed by atoms with van der Waals surface area (Å²) in [7, 11) is 0. The maximum atomic E-state index is 14.4. The van der Waals surface area contributed by atoms with Gasteiger partial charge < -0.3 is 16.0 Å². The fourth-order valence-electron chi connectivity index (χ4n) is 9.01. The fraction of sp³-hybridized carbons (Fsp3) is 0.625. The summed E-state index contributed by atoms with van der Waals surface area (Å²) in [5.74, 6) is 0.809. The molecule has 1 amide bonds. The summed E-state index contributed by atoms with van der Waals surface area (Å²) >= 11 is 0. The van der Waals surface area contributed by atoms with E-state index in [1.54, 1.807) is 0 Å². The molecule has 3 N–H and O–H groups in total. The Balaban J connectivity index is 1.39. The molecule has 290 valence electrons. The van der Waals surface area contributed by atoms with Crippen molar-refractivity contribution in [3.05, 3.63) is 77.9 Å². The van der Waals surface area contributed by atoms with Gasteiger partial charge in [-0.25, -0.2) is 4.99 Å². The predicted molar refractivity (Wildman–Crippen MR) is 228 cm³/mol. The van der Waals surface area contributed by atoms with Crippen molar-refractivity contribution in [2.75, 3.05) is 5.32 Å². The summed E-state index contributed by atoms with van der Waals surface area (Å²) in [6, 6.07) is 24.4. The molecule has 1 atom stereocenters. The largest absolute Gasteiger partial charge is 0.354 e. The van der Waals surface area contributed by atoms with Crippen LogP contribution in [0.2, 0.25) is 0 Å². The molecule has 0 saturated heterocycles. The Kier molecular flexibility index (Phi) is 17.1. The van der Waals surface area contributed by atoms with Crippen LogP contribution in [-0.4, -0.2) is 30.0 Å². The molecule has 2 aliphatic rings. The molecule has 3 aromatic carbocycles. The predicted octanol–water partition coefficient (Wildman–Crippen LogP) is 12.6. The number of hydrogen-bond acceptors (Lipinski definition) is 2. The lowest BCUT2D eigenvalue weighted by molar-refractivity contribution is -0.117. The highest BCUT2D eigenvalue weighted by Gasteiger charge is 2.31. The number of anilines is 1. The topological polar surface area (TPSA) is 65.5 Å². The average Bonchev–Trinajstić information content (AvgIpc) is 3.18. The number of aliphatic imine (C=N–C) groups is 1. The highest BCUT2D eigenvalue weighted by molar-refractivity contribution is 5.98. The van der Waals surface area contributed by atoms with E-state index in [-0.39, 0.29) is 11.3 Å². The first kappa shape index (κ1) is 40.8. The Hall–Kier alpha value is -3.34. The number of benzene rings is 3. The lowest BCUT2D eigenvalue weighted by Crippen LogP contribution is -2.53. The van der Waals surface area contributed by atoms with Crippen LogP contribution in [0.25, 0.3) is 10.8 Å². The third kappa shape index (κ3) is 12.9. The quantitative estimate of drug-likeness (QED) is 0.0618. The third-order valence-corrected chi connectivity index (χ3v) is 12.3. The molecule has 0 aliphatic heterocycles.